The first kappa shape index (κ1) is 24.9. The summed E-state index contributed by atoms with van der Waals surface area (Å²) < 4.78 is 30.4. The summed E-state index contributed by atoms with van der Waals surface area (Å²) in [5.74, 6) is 0.153. The number of nitrogens with one attached hydrogen (secondary N) is 2. The van der Waals surface area contributed by atoms with Crippen molar-refractivity contribution in [1.82, 2.24) is 24.4 Å². The Morgan fingerprint density at radius 1 is 1.19 bits per heavy atom. The number of nitrogens with zero attached hydrogens (tertiary/aromatic N) is 5. The van der Waals surface area contributed by atoms with Crippen LogP contribution >= 0.6 is 0 Å². The molecule has 10 nitrogen and oxygen atoms in total. The van der Waals surface area contributed by atoms with Crippen molar-refractivity contribution in [2.24, 2.45) is 0 Å². The first-order valence-electron chi connectivity index (χ1n) is 11.9. The number of hydrogen-bond acceptors (Lipinski definition) is 8. The molecule has 0 fully saturated rings. The Bertz CT molecular complexity index is 1640. The molecule has 11 heteroatoms. The highest BCUT2D eigenvalue weighted by atomic mass is 32.2. The van der Waals surface area contributed by atoms with Gasteiger partial charge in [0.1, 0.15) is 6.73 Å². The normalized spacial score (nSPS) is 13.7. The number of aromatic nitrogens is 5. The fourth-order valence-electron chi connectivity index (χ4n) is 4.14. The molecule has 0 aliphatic heterocycles. The Morgan fingerprint density at radius 2 is 2.00 bits per heavy atom. The smallest absolute Gasteiger partial charge is 0.160 e. The van der Waals surface area contributed by atoms with Crippen LogP contribution in [-0.2, 0) is 33.2 Å². The van der Waals surface area contributed by atoms with Crippen LogP contribution in [0.2, 0.25) is 0 Å². The summed E-state index contributed by atoms with van der Waals surface area (Å²) >= 11 is 0. The maximum Gasteiger partial charge on any atom is 0.160 e. The number of ether oxygens (including phenoxy) is 1. The van der Waals surface area contributed by atoms with Gasteiger partial charge in [-0.25, -0.2) is 18.5 Å². The lowest BCUT2D eigenvalue weighted by molar-refractivity contribution is 0.0790. The van der Waals surface area contributed by atoms with Crippen LogP contribution in [0.1, 0.15) is 25.0 Å². The second kappa shape index (κ2) is 9.92. The quantitative estimate of drug-likeness (QED) is 0.188. The third kappa shape index (κ3) is 5.48. The second-order valence-corrected chi connectivity index (χ2v) is 11.6. The molecule has 37 heavy (non-hydrogen) atoms. The van der Waals surface area contributed by atoms with Crippen LogP contribution in [0.4, 0.5) is 5.69 Å². The van der Waals surface area contributed by atoms with Gasteiger partial charge in [0.05, 0.1) is 45.9 Å². The van der Waals surface area contributed by atoms with Crippen molar-refractivity contribution in [3.8, 4) is 0 Å². The number of fused-ring (bicyclic) bond motifs is 2. The van der Waals surface area contributed by atoms with Crippen LogP contribution in [0, 0.1) is 4.78 Å². The predicted octanol–water partition coefficient (Wildman–Crippen LogP) is 4.00. The summed E-state index contributed by atoms with van der Waals surface area (Å²) in [5.41, 5.74) is 2.62. The Hall–Kier alpha value is -3.80. The summed E-state index contributed by atoms with van der Waals surface area (Å²) in [4.78, 5) is 4.85. The molecule has 5 rings (SSSR count). The zero-order chi connectivity index (χ0) is 26.0. The number of aryl methyl sites for hydroxylation is 1. The minimum atomic E-state index is -2.92. The van der Waals surface area contributed by atoms with Gasteiger partial charge >= 0.3 is 0 Å². The van der Waals surface area contributed by atoms with Gasteiger partial charge in [-0.2, -0.15) is 10.2 Å². The fraction of sp³-hybridized carbons (Fsp3) is 0.269. The Labute approximate surface area is 214 Å². The second-order valence-electron chi connectivity index (χ2n) is 9.33. The zero-order valence-corrected chi connectivity index (χ0v) is 21.5. The van der Waals surface area contributed by atoms with E-state index >= 15 is 0 Å². The standard InChI is InChI=1S/C26H29N7O3S/c1-26(2,34)22-14-23-19(16-32(31-23)11-12-37(27,35)21-7-4-3-5-8-21)13-24(22)29-18-36-17-20-15-30-33-10-6-9-28-25(20)33/h3-10,13-16,27,29,34H,11-12,17-18H2,1-2H3. The zero-order valence-electron chi connectivity index (χ0n) is 20.7. The van der Waals surface area contributed by atoms with Crippen LogP contribution in [0.5, 0.6) is 0 Å². The van der Waals surface area contributed by atoms with Crippen molar-refractivity contribution in [2.75, 3.05) is 17.8 Å². The summed E-state index contributed by atoms with van der Waals surface area (Å²) in [6.45, 7) is 4.32. The van der Waals surface area contributed by atoms with E-state index in [2.05, 4.69) is 20.5 Å². The van der Waals surface area contributed by atoms with E-state index in [4.69, 9.17) is 9.52 Å². The van der Waals surface area contributed by atoms with Gasteiger partial charge < -0.3 is 15.2 Å². The van der Waals surface area contributed by atoms with E-state index in [0.29, 0.717) is 29.1 Å². The van der Waals surface area contributed by atoms with Crippen molar-refractivity contribution in [2.45, 2.75) is 37.5 Å². The minimum absolute atomic E-state index is 0.153. The van der Waals surface area contributed by atoms with Crippen LogP contribution in [0.15, 0.2) is 78.2 Å². The van der Waals surface area contributed by atoms with E-state index in [1.165, 1.54) is 0 Å². The predicted molar refractivity (Wildman–Crippen MR) is 142 cm³/mol. The number of hydrogen-bond donors (Lipinski definition) is 3. The molecule has 2 aromatic carbocycles. The fourth-order valence-corrected chi connectivity index (χ4v) is 5.41. The van der Waals surface area contributed by atoms with Gasteiger partial charge in [-0.1, -0.05) is 18.2 Å². The molecule has 192 valence electrons. The summed E-state index contributed by atoms with van der Waals surface area (Å²) in [6, 6.07) is 14.4. The molecular weight excluding hydrogens is 490 g/mol. The van der Waals surface area contributed by atoms with Crippen LogP contribution in [0.25, 0.3) is 16.6 Å². The molecule has 3 N–H and O–H groups in total. The average molecular weight is 520 g/mol. The molecule has 0 aliphatic rings. The Balaban J connectivity index is 1.30. The number of anilines is 1. The van der Waals surface area contributed by atoms with Gasteiger partial charge in [-0.3, -0.25) is 4.68 Å². The molecular formula is C26H29N7O3S. The van der Waals surface area contributed by atoms with Crippen molar-refractivity contribution < 1.29 is 14.1 Å². The van der Waals surface area contributed by atoms with Gasteiger partial charge in [0.2, 0.25) is 0 Å². The molecule has 1 atom stereocenters. The van der Waals surface area contributed by atoms with Gasteiger partial charge in [-0.15, -0.1) is 0 Å². The van der Waals surface area contributed by atoms with Gasteiger partial charge in [-0.05, 0) is 44.2 Å². The third-order valence-electron chi connectivity index (χ3n) is 6.06. The number of benzene rings is 2. The van der Waals surface area contributed by atoms with E-state index in [0.717, 1.165) is 22.3 Å². The summed E-state index contributed by atoms with van der Waals surface area (Å²) in [5, 5.41) is 23.8. The van der Waals surface area contributed by atoms with Crippen molar-refractivity contribution in [1.29, 1.82) is 4.78 Å². The van der Waals surface area contributed by atoms with Crippen LogP contribution < -0.4 is 5.32 Å². The molecule has 3 aromatic heterocycles. The van der Waals surface area contributed by atoms with Crippen molar-refractivity contribution in [3.63, 3.8) is 0 Å². The highest BCUT2D eigenvalue weighted by molar-refractivity contribution is 7.92. The maximum atomic E-state index is 12.9. The van der Waals surface area contributed by atoms with Gasteiger partial charge in [0.25, 0.3) is 0 Å². The van der Waals surface area contributed by atoms with Gasteiger partial charge in [0.15, 0.2) is 5.65 Å². The first-order chi connectivity index (χ1) is 17.7. The highest BCUT2D eigenvalue weighted by Gasteiger charge is 2.22. The lowest BCUT2D eigenvalue weighted by Crippen LogP contribution is -2.19. The van der Waals surface area contributed by atoms with Crippen LogP contribution in [-0.4, -0.2) is 46.2 Å². The molecule has 1 unspecified atom stereocenters. The number of aliphatic hydroxyl groups is 1. The lowest BCUT2D eigenvalue weighted by Gasteiger charge is -2.22. The monoisotopic (exact) mass is 519 g/mol. The molecule has 5 aromatic rings. The molecule has 0 bridgehead atoms. The Morgan fingerprint density at radius 3 is 2.78 bits per heavy atom. The van der Waals surface area contributed by atoms with E-state index in [9.17, 15) is 9.32 Å². The highest BCUT2D eigenvalue weighted by Crippen LogP contribution is 2.32. The number of rotatable bonds is 10. The minimum Gasteiger partial charge on any atom is -0.386 e. The van der Waals surface area contributed by atoms with Gasteiger partial charge in [0, 0.05) is 45.7 Å². The molecule has 0 amide bonds. The molecule has 0 saturated carbocycles. The molecule has 0 saturated heterocycles. The molecule has 0 aliphatic carbocycles. The molecule has 3 heterocycles. The SMILES string of the molecule is CC(C)(O)c1cc2nn(CCS(=N)(=O)c3ccccc3)cc2cc1NCOCc1cnn2cccnc12. The van der Waals surface area contributed by atoms with E-state index in [-0.39, 0.29) is 12.5 Å². The maximum absolute atomic E-state index is 12.9. The lowest BCUT2D eigenvalue weighted by atomic mass is 9.95. The molecule has 0 radical (unpaired) electrons. The summed E-state index contributed by atoms with van der Waals surface area (Å²) in [7, 11) is -2.92. The van der Waals surface area contributed by atoms with Crippen LogP contribution in [0.3, 0.4) is 0 Å². The third-order valence-corrected chi connectivity index (χ3v) is 7.85. The molecule has 0 spiro atoms. The average Bonchev–Trinajstić information content (AvgIpc) is 3.48. The van der Waals surface area contributed by atoms with Crippen molar-refractivity contribution in [3.05, 3.63) is 84.4 Å². The van der Waals surface area contributed by atoms with E-state index in [1.807, 2.05) is 36.7 Å². The Kier molecular flexibility index (Phi) is 6.67. The first-order valence-corrected chi connectivity index (χ1v) is 13.6. The topological polar surface area (TPSA) is 130 Å². The largest absolute Gasteiger partial charge is 0.386 e. The summed E-state index contributed by atoms with van der Waals surface area (Å²) in [6.07, 6.45) is 7.14. The van der Waals surface area contributed by atoms with Crippen molar-refractivity contribution >= 4 is 32.0 Å². The van der Waals surface area contributed by atoms with E-state index < -0.39 is 15.3 Å². The van der Waals surface area contributed by atoms with E-state index in [1.54, 1.807) is 59.7 Å².